The van der Waals surface area contributed by atoms with E-state index >= 15 is 0 Å². The molecule has 0 aromatic heterocycles. The Balaban J connectivity index is 0.00000162. The highest BCUT2D eigenvalue weighted by Crippen LogP contribution is 2.40. The molecule has 1 N–H and O–H groups in total. The first-order valence-corrected chi connectivity index (χ1v) is 6.57. The number of hydrogen-bond acceptors (Lipinski definition) is 1. The number of halogens is 1. The van der Waals surface area contributed by atoms with Crippen molar-refractivity contribution < 1.29 is 4.39 Å². The normalized spacial score (nSPS) is 22.1. The van der Waals surface area contributed by atoms with E-state index in [0.29, 0.717) is 11.3 Å². The SMILES string of the molecule is C.CC1(C)CCCCC1CNc1cccc(F)c1. The van der Waals surface area contributed by atoms with Crippen LogP contribution in [-0.4, -0.2) is 6.54 Å². The van der Waals surface area contributed by atoms with Crippen LogP contribution >= 0.6 is 0 Å². The third-order valence-corrected chi connectivity index (χ3v) is 4.11. The van der Waals surface area contributed by atoms with E-state index in [4.69, 9.17) is 0 Å². The monoisotopic (exact) mass is 251 g/mol. The molecule has 0 radical (unpaired) electrons. The zero-order chi connectivity index (χ0) is 12.3. The van der Waals surface area contributed by atoms with Crippen LogP contribution in [0.3, 0.4) is 0 Å². The zero-order valence-corrected chi connectivity index (χ0v) is 10.8. The number of hydrogen-bond donors (Lipinski definition) is 1. The predicted molar refractivity (Wildman–Crippen MR) is 77.4 cm³/mol. The number of anilines is 1. The Hall–Kier alpha value is -1.05. The molecule has 1 aliphatic rings. The Morgan fingerprint density at radius 3 is 2.78 bits per heavy atom. The van der Waals surface area contributed by atoms with Crippen molar-refractivity contribution in [1.29, 1.82) is 0 Å². The van der Waals surface area contributed by atoms with Gasteiger partial charge in [-0.15, -0.1) is 0 Å². The maximum absolute atomic E-state index is 13.0. The Morgan fingerprint density at radius 2 is 2.11 bits per heavy atom. The second-order valence-corrected chi connectivity index (χ2v) is 5.82. The van der Waals surface area contributed by atoms with Crippen molar-refractivity contribution >= 4 is 5.69 Å². The molecular weight excluding hydrogens is 225 g/mol. The van der Waals surface area contributed by atoms with Crippen molar-refractivity contribution in [1.82, 2.24) is 0 Å². The molecule has 18 heavy (non-hydrogen) atoms. The van der Waals surface area contributed by atoms with E-state index in [2.05, 4.69) is 19.2 Å². The minimum absolute atomic E-state index is 0. The van der Waals surface area contributed by atoms with Crippen LogP contribution in [0.5, 0.6) is 0 Å². The van der Waals surface area contributed by atoms with Gasteiger partial charge in [0.2, 0.25) is 0 Å². The molecular formula is C16H26FN. The highest BCUT2D eigenvalue weighted by atomic mass is 19.1. The maximum Gasteiger partial charge on any atom is 0.125 e. The standard InChI is InChI=1S/C15H22FN.CH4/c1-15(2)9-4-3-6-12(15)11-17-14-8-5-7-13(16)10-14;/h5,7-8,10,12,17H,3-4,6,9,11H2,1-2H3;1H4. The van der Waals surface area contributed by atoms with Gasteiger partial charge in [0.25, 0.3) is 0 Å². The van der Waals surface area contributed by atoms with Gasteiger partial charge in [-0.1, -0.05) is 40.2 Å². The second kappa shape index (κ2) is 6.21. The van der Waals surface area contributed by atoms with Crippen LogP contribution in [0.25, 0.3) is 0 Å². The average molecular weight is 251 g/mol. The van der Waals surface area contributed by atoms with Crippen LogP contribution < -0.4 is 5.32 Å². The summed E-state index contributed by atoms with van der Waals surface area (Å²) in [6.45, 7) is 5.66. The Bertz CT molecular complexity index is 373. The summed E-state index contributed by atoms with van der Waals surface area (Å²) in [5.41, 5.74) is 1.31. The van der Waals surface area contributed by atoms with Crippen LogP contribution in [-0.2, 0) is 0 Å². The quantitative estimate of drug-likeness (QED) is 0.789. The summed E-state index contributed by atoms with van der Waals surface area (Å²) in [5.74, 6) is 0.525. The summed E-state index contributed by atoms with van der Waals surface area (Å²) in [5, 5.41) is 3.37. The molecule has 1 nitrogen and oxygen atoms in total. The van der Waals surface area contributed by atoms with Gasteiger partial charge in [-0.25, -0.2) is 4.39 Å². The van der Waals surface area contributed by atoms with Crippen LogP contribution in [0.1, 0.15) is 47.0 Å². The lowest BCUT2D eigenvalue weighted by molar-refractivity contribution is 0.148. The van der Waals surface area contributed by atoms with Gasteiger partial charge < -0.3 is 5.32 Å². The molecule has 2 heteroatoms. The molecule has 1 fully saturated rings. The van der Waals surface area contributed by atoms with Gasteiger partial charge >= 0.3 is 0 Å². The fourth-order valence-corrected chi connectivity index (χ4v) is 2.78. The largest absolute Gasteiger partial charge is 0.385 e. The van der Waals surface area contributed by atoms with Crippen molar-refractivity contribution in [2.24, 2.45) is 11.3 Å². The van der Waals surface area contributed by atoms with E-state index in [1.165, 1.54) is 31.7 Å². The van der Waals surface area contributed by atoms with Gasteiger partial charge in [0, 0.05) is 12.2 Å². The Labute approximate surface area is 111 Å². The molecule has 1 atom stereocenters. The lowest BCUT2D eigenvalue weighted by Crippen LogP contribution is -2.33. The Kier molecular flexibility index (Phi) is 5.18. The van der Waals surface area contributed by atoms with Crippen molar-refractivity contribution in [2.45, 2.75) is 47.0 Å². The molecule has 0 amide bonds. The fraction of sp³-hybridized carbons (Fsp3) is 0.625. The van der Waals surface area contributed by atoms with Crippen molar-refractivity contribution in [3.63, 3.8) is 0 Å². The minimum Gasteiger partial charge on any atom is -0.385 e. The van der Waals surface area contributed by atoms with Crippen LogP contribution in [0, 0.1) is 17.2 Å². The van der Waals surface area contributed by atoms with E-state index in [1.807, 2.05) is 6.07 Å². The van der Waals surface area contributed by atoms with Gasteiger partial charge in [0.1, 0.15) is 5.82 Å². The molecule has 0 heterocycles. The highest BCUT2D eigenvalue weighted by Gasteiger charge is 2.31. The van der Waals surface area contributed by atoms with Crippen molar-refractivity contribution in [2.75, 3.05) is 11.9 Å². The van der Waals surface area contributed by atoms with Crippen molar-refractivity contribution in [3.05, 3.63) is 30.1 Å². The van der Waals surface area contributed by atoms with E-state index < -0.39 is 0 Å². The van der Waals surface area contributed by atoms with Gasteiger partial charge in [-0.2, -0.15) is 0 Å². The van der Waals surface area contributed by atoms with E-state index in [-0.39, 0.29) is 13.2 Å². The van der Waals surface area contributed by atoms with Gasteiger partial charge in [-0.05, 0) is 42.4 Å². The second-order valence-electron chi connectivity index (χ2n) is 5.82. The highest BCUT2D eigenvalue weighted by molar-refractivity contribution is 5.43. The first kappa shape index (κ1) is 15.0. The van der Waals surface area contributed by atoms with Gasteiger partial charge in [-0.3, -0.25) is 0 Å². The van der Waals surface area contributed by atoms with Gasteiger partial charge in [0.05, 0.1) is 0 Å². The van der Waals surface area contributed by atoms with Crippen LogP contribution in [0.2, 0.25) is 0 Å². The van der Waals surface area contributed by atoms with Crippen LogP contribution in [0.15, 0.2) is 24.3 Å². The molecule has 1 unspecified atom stereocenters. The maximum atomic E-state index is 13.0. The molecule has 0 bridgehead atoms. The van der Waals surface area contributed by atoms with Crippen LogP contribution in [0.4, 0.5) is 10.1 Å². The summed E-state index contributed by atoms with van der Waals surface area (Å²) in [4.78, 5) is 0. The molecule has 0 aliphatic heterocycles. The van der Waals surface area contributed by atoms with Crippen molar-refractivity contribution in [3.8, 4) is 0 Å². The minimum atomic E-state index is -0.169. The average Bonchev–Trinajstić information content (AvgIpc) is 2.27. The van der Waals surface area contributed by atoms with Gasteiger partial charge in [0.15, 0.2) is 0 Å². The summed E-state index contributed by atoms with van der Waals surface area (Å²) in [6, 6.07) is 6.73. The number of rotatable bonds is 3. The fourth-order valence-electron chi connectivity index (χ4n) is 2.78. The number of nitrogens with one attached hydrogen (secondary N) is 1. The van der Waals surface area contributed by atoms with E-state index in [1.54, 1.807) is 12.1 Å². The summed E-state index contributed by atoms with van der Waals surface area (Å²) in [6.07, 6.45) is 5.28. The topological polar surface area (TPSA) is 12.0 Å². The first-order valence-electron chi connectivity index (χ1n) is 6.57. The first-order chi connectivity index (χ1) is 8.08. The molecule has 102 valence electrons. The molecule has 2 rings (SSSR count). The third-order valence-electron chi connectivity index (χ3n) is 4.11. The molecule has 0 saturated heterocycles. The summed E-state index contributed by atoms with van der Waals surface area (Å²) in [7, 11) is 0. The lowest BCUT2D eigenvalue weighted by Gasteiger charge is -2.39. The molecule has 1 aliphatic carbocycles. The molecule has 0 spiro atoms. The lowest BCUT2D eigenvalue weighted by atomic mass is 9.69. The molecule has 1 aromatic rings. The van der Waals surface area contributed by atoms with E-state index in [0.717, 1.165) is 12.2 Å². The Morgan fingerprint density at radius 1 is 1.33 bits per heavy atom. The smallest absolute Gasteiger partial charge is 0.125 e. The van der Waals surface area contributed by atoms with E-state index in [9.17, 15) is 4.39 Å². The molecule has 1 saturated carbocycles. The third kappa shape index (κ3) is 3.72. The predicted octanol–water partition coefficient (Wildman–Crippen LogP) is 5.09. The summed E-state index contributed by atoms with van der Waals surface area (Å²) < 4.78 is 13.0. The zero-order valence-electron chi connectivity index (χ0n) is 10.8. The molecule has 1 aromatic carbocycles. The summed E-state index contributed by atoms with van der Waals surface area (Å²) >= 11 is 0. The number of benzene rings is 1.